The van der Waals surface area contributed by atoms with Crippen LogP contribution in [0.25, 0.3) is 11.1 Å². The Morgan fingerprint density at radius 2 is 2.03 bits per heavy atom. The Labute approximate surface area is 222 Å². The highest BCUT2D eigenvalue weighted by Crippen LogP contribution is 2.41. The maximum absolute atomic E-state index is 15.1. The lowest BCUT2D eigenvalue weighted by Crippen LogP contribution is -2.16. The summed E-state index contributed by atoms with van der Waals surface area (Å²) in [5, 5.41) is 3.50. The molecule has 0 spiro atoms. The number of rotatable bonds is 8. The van der Waals surface area contributed by atoms with E-state index in [1.807, 2.05) is 42.5 Å². The highest BCUT2D eigenvalue weighted by atomic mass is 19.1. The first kappa shape index (κ1) is 25.7. The molecule has 0 radical (unpaired) electrons. The minimum absolute atomic E-state index is 0.0441. The van der Waals surface area contributed by atoms with Crippen LogP contribution in [-0.2, 0) is 20.7 Å². The molecule has 1 aliphatic carbocycles. The quantitative estimate of drug-likeness (QED) is 0.302. The van der Waals surface area contributed by atoms with Gasteiger partial charge in [0.1, 0.15) is 11.9 Å². The third-order valence-electron chi connectivity index (χ3n) is 7.13. The number of hydrogen-bond donors (Lipinski definition) is 1. The van der Waals surface area contributed by atoms with Crippen LogP contribution >= 0.6 is 0 Å². The van der Waals surface area contributed by atoms with Crippen molar-refractivity contribution in [1.82, 2.24) is 4.98 Å². The number of anilines is 1. The number of fused-ring (bicyclic) bond motifs is 1. The zero-order chi connectivity index (χ0) is 26.5. The number of halogens is 1. The van der Waals surface area contributed by atoms with Crippen molar-refractivity contribution in [2.75, 3.05) is 25.6 Å². The molecule has 1 aromatic heterocycles. The summed E-state index contributed by atoms with van der Waals surface area (Å²) < 4.78 is 31.2. The summed E-state index contributed by atoms with van der Waals surface area (Å²) in [5.74, 6) is 5.81. The van der Waals surface area contributed by atoms with E-state index in [0.29, 0.717) is 24.7 Å². The van der Waals surface area contributed by atoms with E-state index in [0.717, 1.165) is 47.2 Å². The largest absolute Gasteiger partial charge is 0.472 e. The summed E-state index contributed by atoms with van der Waals surface area (Å²) in [6, 6.07) is 14.9. The molecule has 2 heterocycles. The molecule has 2 aromatic carbocycles. The molecular weight excluding hydrogens is 483 g/mol. The molecule has 1 aliphatic heterocycles. The molecular formula is C31H31FN2O4. The summed E-state index contributed by atoms with van der Waals surface area (Å²) in [6.45, 7) is 3.06. The van der Waals surface area contributed by atoms with Crippen molar-refractivity contribution in [1.29, 1.82) is 0 Å². The average Bonchev–Trinajstić information content (AvgIpc) is 3.60. The van der Waals surface area contributed by atoms with E-state index in [-0.39, 0.29) is 36.3 Å². The van der Waals surface area contributed by atoms with Crippen LogP contribution in [-0.4, -0.2) is 37.4 Å². The fourth-order valence-corrected chi connectivity index (χ4v) is 5.21. The number of ether oxygens (including phenoxy) is 3. The maximum Gasteiger partial charge on any atom is 0.307 e. The van der Waals surface area contributed by atoms with E-state index in [4.69, 9.17) is 14.2 Å². The fourth-order valence-electron chi connectivity index (χ4n) is 5.21. The first-order chi connectivity index (χ1) is 18.6. The molecule has 196 valence electrons. The number of pyridine rings is 1. The second-order valence-electron chi connectivity index (χ2n) is 9.56. The summed E-state index contributed by atoms with van der Waals surface area (Å²) in [5.41, 5.74) is 5.47. The molecule has 6 nitrogen and oxygen atoms in total. The fraction of sp³-hybridized carbons (Fsp3) is 0.355. The first-order valence-corrected chi connectivity index (χ1v) is 12.9. The summed E-state index contributed by atoms with van der Waals surface area (Å²) in [7, 11) is 1.38. The van der Waals surface area contributed by atoms with Crippen LogP contribution in [0.5, 0.6) is 5.88 Å². The zero-order valence-corrected chi connectivity index (χ0v) is 21.6. The van der Waals surface area contributed by atoms with Gasteiger partial charge >= 0.3 is 5.97 Å². The molecule has 3 atom stereocenters. The predicted molar refractivity (Wildman–Crippen MR) is 143 cm³/mol. The van der Waals surface area contributed by atoms with Gasteiger partial charge in [0, 0.05) is 35.5 Å². The molecule has 1 saturated heterocycles. The average molecular weight is 515 g/mol. The Kier molecular flexibility index (Phi) is 7.90. The van der Waals surface area contributed by atoms with Crippen LogP contribution in [0.4, 0.5) is 10.1 Å². The topological polar surface area (TPSA) is 69.7 Å². The van der Waals surface area contributed by atoms with E-state index in [1.54, 1.807) is 19.2 Å². The molecule has 38 heavy (non-hydrogen) atoms. The van der Waals surface area contributed by atoms with Crippen molar-refractivity contribution in [3.63, 3.8) is 0 Å². The third kappa shape index (κ3) is 5.66. The number of carbonyl (C=O) groups excluding carboxylic acids is 1. The monoisotopic (exact) mass is 514 g/mol. The van der Waals surface area contributed by atoms with Gasteiger partial charge < -0.3 is 19.5 Å². The van der Waals surface area contributed by atoms with Crippen LogP contribution in [0, 0.1) is 17.7 Å². The van der Waals surface area contributed by atoms with Crippen LogP contribution in [0.2, 0.25) is 0 Å². The van der Waals surface area contributed by atoms with Crippen molar-refractivity contribution < 1.29 is 23.4 Å². The summed E-state index contributed by atoms with van der Waals surface area (Å²) in [6.07, 6.45) is 4.46. The molecule has 3 aromatic rings. The number of methoxy groups -OCH3 is 1. The molecule has 5 rings (SSSR count). The lowest BCUT2D eigenvalue weighted by atomic mass is 9.95. The lowest BCUT2D eigenvalue weighted by molar-refractivity contribution is -0.140. The number of benzene rings is 2. The predicted octanol–water partition coefficient (Wildman–Crippen LogP) is 5.82. The Bertz CT molecular complexity index is 1340. The van der Waals surface area contributed by atoms with Crippen molar-refractivity contribution in [3.8, 4) is 28.8 Å². The second-order valence-corrected chi connectivity index (χ2v) is 9.56. The number of hydrogen-bond acceptors (Lipinski definition) is 6. The molecule has 2 unspecified atom stereocenters. The van der Waals surface area contributed by atoms with Gasteiger partial charge in [-0.15, -0.1) is 5.92 Å². The van der Waals surface area contributed by atoms with E-state index < -0.39 is 0 Å². The third-order valence-corrected chi connectivity index (χ3v) is 7.13. The van der Waals surface area contributed by atoms with Gasteiger partial charge in [0.15, 0.2) is 0 Å². The molecule has 2 aliphatic rings. The summed E-state index contributed by atoms with van der Waals surface area (Å²) in [4.78, 5) is 16.3. The number of nitrogens with one attached hydrogen (secondary N) is 1. The van der Waals surface area contributed by atoms with Gasteiger partial charge in [-0.2, -0.15) is 0 Å². The van der Waals surface area contributed by atoms with Crippen LogP contribution < -0.4 is 10.1 Å². The summed E-state index contributed by atoms with van der Waals surface area (Å²) >= 11 is 0. The van der Waals surface area contributed by atoms with Gasteiger partial charge in [-0.3, -0.25) is 4.79 Å². The van der Waals surface area contributed by atoms with Gasteiger partial charge in [0.2, 0.25) is 5.88 Å². The van der Waals surface area contributed by atoms with E-state index >= 15 is 4.39 Å². The van der Waals surface area contributed by atoms with Gasteiger partial charge in [-0.05, 0) is 60.7 Å². The molecule has 0 bridgehead atoms. The van der Waals surface area contributed by atoms with Crippen LogP contribution in [0.3, 0.4) is 0 Å². The molecule has 7 heteroatoms. The maximum atomic E-state index is 15.1. The Morgan fingerprint density at radius 1 is 1.18 bits per heavy atom. The van der Waals surface area contributed by atoms with Crippen molar-refractivity contribution >= 4 is 11.7 Å². The molecule has 0 amide bonds. The Hall–Kier alpha value is -3.89. The van der Waals surface area contributed by atoms with E-state index in [1.165, 1.54) is 7.11 Å². The zero-order valence-electron chi connectivity index (χ0n) is 21.6. The minimum Gasteiger partial charge on any atom is -0.472 e. The molecule has 0 saturated carbocycles. The van der Waals surface area contributed by atoms with Gasteiger partial charge in [0.05, 0.1) is 38.7 Å². The SMILES string of the molecule is CC#CC(CC(=O)OC)c1ccc(N[C@@H]2CCc3c(-c4ccc(OC5CCOC5)nc4)ccc(F)c32)cc1. The highest BCUT2D eigenvalue weighted by Gasteiger charge is 2.29. The van der Waals surface area contributed by atoms with E-state index in [9.17, 15) is 4.79 Å². The molecule has 1 fully saturated rings. The van der Waals surface area contributed by atoms with Crippen LogP contribution in [0.15, 0.2) is 54.7 Å². The normalized spacial score (nSPS) is 18.7. The van der Waals surface area contributed by atoms with Crippen LogP contribution in [0.1, 0.15) is 54.8 Å². The minimum atomic E-state index is -0.297. The second kappa shape index (κ2) is 11.7. The van der Waals surface area contributed by atoms with Gasteiger partial charge in [0.25, 0.3) is 0 Å². The van der Waals surface area contributed by atoms with Crippen molar-refractivity contribution in [3.05, 3.63) is 77.2 Å². The smallest absolute Gasteiger partial charge is 0.307 e. The van der Waals surface area contributed by atoms with E-state index in [2.05, 4.69) is 22.1 Å². The highest BCUT2D eigenvalue weighted by molar-refractivity contribution is 5.72. The Morgan fingerprint density at radius 3 is 2.71 bits per heavy atom. The molecule has 1 N–H and O–H groups in total. The van der Waals surface area contributed by atoms with Crippen molar-refractivity contribution in [2.24, 2.45) is 0 Å². The first-order valence-electron chi connectivity index (χ1n) is 12.9. The number of nitrogens with zero attached hydrogens (tertiary/aromatic N) is 1. The Balaban J connectivity index is 1.32. The van der Waals surface area contributed by atoms with Gasteiger partial charge in [-0.25, -0.2) is 9.37 Å². The van der Waals surface area contributed by atoms with Crippen molar-refractivity contribution in [2.45, 2.75) is 50.7 Å². The number of esters is 1. The number of aromatic nitrogens is 1. The lowest BCUT2D eigenvalue weighted by Gasteiger charge is -2.18. The number of carbonyl (C=O) groups is 1. The standard InChI is InChI=1S/C31H31FN2O4/c1-3-4-21(17-30(35)36-2)20-5-8-23(9-6-20)34-28-13-11-26-25(10-12-27(32)31(26)28)22-7-14-29(33-18-22)38-24-15-16-37-19-24/h5-10,12,14,18,21,24,28,34H,11,13,15-17,19H2,1-2H3/t21?,24?,28-/m1/s1. The van der Waals surface area contributed by atoms with Gasteiger partial charge in [-0.1, -0.05) is 24.1 Å².